The summed E-state index contributed by atoms with van der Waals surface area (Å²) in [6.45, 7) is 4.03. The van der Waals surface area contributed by atoms with Gasteiger partial charge in [0.15, 0.2) is 0 Å². The first-order valence-corrected chi connectivity index (χ1v) is 6.25. The highest BCUT2D eigenvalue weighted by Gasteiger charge is 2.11. The predicted molar refractivity (Wildman–Crippen MR) is 67.3 cm³/mol. The second-order valence-corrected chi connectivity index (χ2v) is 5.35. The van der Waals surface area contributed by atoms with Gasteiger partial charge in [-0.2, -0.15) is 0 Å². The highest BCUT2D eigenvalue weighted by molar-refractivity contribution is 7.18. The average molecular weight is 257 g/mol. The van der Waals surface area contributed by atoms with Crippen LogP contribution >= 0.6 is 22.9 Å². The topological polar surface area (TPSA) is 35.0 Å². The molecule has 0 saturated heterocycles. The van der Waals surface area contributed by atoms with Crippen molar-refractivity contribution in [2.24, 2.45) is 0 Å². The summed E-state index contributed by atoms with van der Waals surface area (Å²) in [6, 6.07) is 2.02. The molecular weight excluding hydrogens is 244 g/mol. The van der Waals surface area contributed by atoms with E-state index in [9.17, 15) is 0 Å². The van der Waals surface area contributed by atoms with Crippen LogP contribution in [0.5, 0.6) is 0 Å². The van der Waals surface area contributed by atoms with Gasteiger partial charge in [0, 0.05) is 23.8 Å². The van der Waals surface area contributed by atoms with Gasteiger partial charge in [-0.15, -0.1) is 11.3 Å². The van der Waals surface area contributed by atoms with E-state index in [4.69, 9.17) is 16.3 Å². The van der Waals surface area contributed by atoms with E-state index >= 15 is 0 Å². The Morgan fingerprint density at radius 3 is 2.94 bits per heavy atom. The fourth-order valence-corrected chi connectivity index (χ4v) is 2.68. The van der Waals surface area contributed by atoms with Crippen LogP contribution in [0.25, 0.3) is 10.2 Å². The van der Waals surface area contributed by atoms with Gasteiger partial charge in [-0.25, -0.2) is 9.97 Å². The Hall–Kier alpha value is -0.710. The zero-order valence-electron chi connectivity index (χ0n) is 9.45. The van der Waals surface area contributed by atoms with Crippen LogP contribution < -0.4 is 0 Å². The Bertz CT molecular complexity index is 512. The molecule has 0 aliphatic rings. The van der Waals surface area contributed by atoms with Gasteiger partial charge in [-0.1, -0.05) is 11.6 Å². The van der Waals surface area contributed by atoms with Crippen molar-refractivity contribution in [2.75, 3.05) is 7.11 Å². The minimum atomic E-state index is 0.106. The number of hydrogen-bond acceptors (Lipinski definition) is 4. The molecule has 0 aliphatic carbocycles. The van der Waals surface area contributed by atoms with Gasteiger partial charge in [-0.05, 0) is 19.9 Å². The zero-order valence-corrected chi connectivity index (χ0v) is 11.0. The first-order chi connectivity index (χ1) is 7.60. The normalized spacial score (nSPS) is 13.2. The molecular formula is C11H13ClN2OS. The van der Waals surface area contributed by atoms with Crippen molar-refractivity contribution in [3.63, 3.8) is 0 Å². The second kappa shape index (κ2) is 4.65. The van der Waals surface area contributed by atoms with Crippen LogP contribution in [0.3, 0.4) is 0 Å². The highest BCUT2D eigenvalue weighted by Crippen LogP contribution is 2.28. The van der Waals surface area contributed by atoms with Crippen molar-refractivity contribution in [3.05, 3.63) is 21.9 Å². The zero-order chi connectivity index (χ0) is 11.7. The molecule has 5 heteroatoms. The molecule has 0 fully saturated rings. The van der Waals surface area contributed by atoms with Crippen LogP contribution in [-0.4, -0.2) is 23.2 Å². The molecule has 0 radical (unpaired) electrons. The third kappa shape index (κ3) is 2.34. The molecule has 0 amide bonds. The number of aromatic nitrogens is 2. The highest BCUT2D eigenvalue weighted by atomic mass is 35.5. The van der Waals surface area contributed by atoms with Crippen LogP contribution in [-0.2, 0) is 11.2 Å². The van der Waals surface area contributed by atoms with E-state index < -0.39 is 0 Å². The van der Waals surface area contributed by atoms with E-state index in [0.717, 1.165) is 16.0 Å². The van der Waals surface area contributed by atoms with Gasteiger partial charge in [0.2, 0.25) is 0 Å². The molecule has 0 spiro atoms. The molecule has 1 unspecified atom stereocenters. The Morgan fingerprint density at radius 1 is 1.50 bits per heavy atom. The Balaban J connectivity index is 2.41. The molecule has 0 aromatic carbocycles. The minimum absolute atomic E-state index is 0.106. The summed E-state index contributed by atoms with van der Waals surface area (Å²) >= 11 is 7.76. The number of hydrogen-bond donors (Lipinski definition) is 0. The van der Waals surface area contributed by atoms with Gasteiger partial charge >= 0.3 is 0 Å². The van der Waals surface area contributed by atoms with Crippen molar-refractivity contribution in [1.82, 2.24) is 9.97 Å². The smallest absolute Gasteiger partial charge is 0.141 e. The lowest BCUT2D eigenvalue weighted by Crippen LogP contribution is -2.11. The van der Waals surface area contributed by atoms with Gasteiger partial charge in [-0.3, -0.25) is 0 Å². The summed E-state index contributed by atoms with van der Waals surface area (Å²) in [6.07, 6.45) is 0.790. The molecule has 16 heavy (non-hydrogen) atoms. The van der Waals surface area contributed by atoms with Crippen LogP contribution in [0, 0.1) is 6.92 Å². The maximum Gasteiger partial charge on any atom is 0.141 e. The Labute approximate surface area is 103 Å². The first-order valence-electron chi connectivity index (χ1n) is 5.05. The van der Waals surface area contributed by atoms with E-state index in [2.05, 4.69) is 9.97 Å². The van der Waals surface area contributed by atoms with Crippen molar-refractivity contribution in [2.45, 2.75) is 26.4 Å². The number of methoxy groups -OCH3 is 1. The fraction of sp³-hybridized carbons (Fsp3) is 0.455. The quantitative estimate of drug-likeness (QED) is 0.791. The van der Waals surface area contributed by atoms with Crippen LogP contribution in [0.15, 0.2) is 6.07 Å². The van der Waals surface area contributed by atoms with E-state index in [1.54, 1.807) is 18.4 Å². The number of thiophene rings is 1. The predicted octanol–water partition coefficient (Wildman–Crippen LogP) is 3.23. The fourth-order valence-electron chi connectivity index (χ4n) is 1.48. The SMILES string of the molecule is COC(C)Cc1nc(Cl)c2cc(C)sc2n1. The minimum Gasteiger partial charge on any atom is -0.381 e. The Kier molecular flexibility index (Phi) is 3.42. The number of aryl methyl sites for hydroxylation is 1. The van der Waals surface area contributed by atoms with Crippen molar-refractivity contribution in [3.8, 4) is 0 Å². The molecule has 2 aromatic rings. The van der Waals surface area contributed by atoms with Gasteiger partial charge in [0.1, 0.15) is 15.8 Å². The van der Waals surface area contributed by atoms with Crippen molar-refractivity contribution < 1.29 is 4.74 Å². The molecule has 1 atom stereocenters. The third-order valence-corrected chi connectivity index (χ3v) is 3.62. The molecule has 3 nitrogen and oxygen atoms in total. The van der Waals surface area contributed by atoms with E-state index in [1.807, 2.05) is 19.9 Å². The first kappa shape index (κ1) is 11.8. The third-order valence-electron chi connectivity index (χ3n) is 2.39. The maximum atomic E-state index is 6.12. The van der Waals surface area contributed by atoms with E-state index in [0.29, 0.717) is 11.6 Å². The largest absolute Gasteiger partial charge is 0.381 e. The second-order valence-electron chi connectivity index (χ2n) is 3.76. The lowest BCUT2D eigenvalue weighted by molar-refractivity contribution is 0.117. The van der Waals surface area contributed by atoms with Crippen molar-refractivity contribution >= 4 is 33.2 Å². The number of ether oxygens (including phenoxy) is 1. The summed E-state index contributed by atoms with van der Waals surface area (Å²) in [5.74, 6) is 0.744. The van der Waals surface area contributed by atoms with Crippen molar-refractivity contribution in [1.29, 1.82) is 0 Å². The van der Waals surface area contributed by atoms with Gasteiger partial charge in [0.25, 0.3) is 0 Å². The molecule has 0 aliphatic heterocycles. The molecule has 86 valence electrons. The standard InChI is InChI=1S/C11H13ClN2OS/c1-6(15-3)4-9-13-10(12)8-5-7(2)16-11(8)14-9/h5-6H,4H2,1-3H3. The molecule has 0 bridgehead atoms. The average Bonchev–Trinajstić information content (AvgIpc) is 2.59. The Morgan fingerprint density at radius 2 is 2.25 bits per heavy atom. The monoisotopic (exact) mass is 256 g/mol. The van der Waals surface area contributed by atoms with Gasteiger partial charge in [0.05, 0.1) is 6.10 Å². The number of rotatable bonds is 3. The van der Waals surface area contributed by atoms with E-state index in [-0.39, 0.29) is 6.10 Å². The summed E-state index contributed by atoms with van der Waals surface area (Å²) in [7, 11) is 1.68. The van der Waals surface area contributed by atoms with Crippen LogP contribution in [0.1, 0.15) is 17.6 Å². The summed E-state index contributed by atoms with van der Waals surface area (Å²) in [5.41, 5.74) is 0. The van der Waals surface area contributed by atoms with Crippen LogP contribution in [0.4, 0.5) is 0 Å². The molecule has 2 aromatic heterocycles. The molecule has 0 saturated carbocycles. The summed E-state index contributed by atoms with van der Waals surface area (Å²) in [4.78, 5) is 10.9. The maximum absolute atomic E-state index is 6.12. The number of halogens is 1. The number of nitrogens with zero attached hydrogens (tertiary/aromatic N) is 2. The lowest BCUT2D eigenvalue weighted by Gasteiger charge is -2.07. The summed E-state index contributed by atoms with van der Waals surface area (Å²) < 4.78 is 5.19. The molecule has 2 rings (SSSR count). The van der Waals surface area contributed by atoms with Crippen LogP contribution in [0.2, 0.25) is 5.15 Å². The molecule has 0 N–H and O–H groups in total. The lowest BCUT2D eigenvalue weighted by atomic mass is 10.2. The summed E-state index contributed by atoms with van der Waals surface area (Å²) in [5, 5.41) is 1.48. The molecule has 2 heterocycles. The van der Waals surface area contributed by atoms with E-state index in [1.165, 1.54) is 4.88 Å². The van der Waals surface area contributed by atoms with Gasteiger partial charge < -0.3 is 4.74 Å². The number of fused-ring (bicyclic) bond motifs is 1.